The topological polar surface area (TPSA) is 69.9 Å². The molecule has 7 heteroatoms. The molecule has 0 saturated heterocycles. The van der Waals surface area contributed by atoms with Gasteiger partial charge in [0.15, 0.2) is 0 Å². The maximum Gasteiger partial charge on any atom is 0.338 e. The van der Waals surface area contributed by atoms with Gasteiger partial charge in [-0.2, -0.15) is 5.10 Å². The molecule has 0 fully saturated rings. The molecule has 2 aromatic heterocycles. The van der Waals surface area contributed by atoms with Gasteiger partial charge < -0.3 is 4.74 Å². The lowest BCUT2D eigenvalue weighted by Crippen LogP contribution is -2.11. The van der Waals surface area contributed by atoms with Crippen LogP contribution < -0.4 is 0 Å². The number of nitrogens with zero attached hydrogens (tertiary/aromatic N) is 4. The first kappa shape index (κ1) is 14.5. The number of fused-ring (bicyclic) bond motifs is 1. The number of esters is 1. The molecule has 0 aliphatic rings. The van der Waals surface area contributed by atoms with Gasteiger partial charge in [0, 0.05) is 0 Å². The van der Waals surface area contributed by atoms with Crippen molar-refractivity contribution in [2.75, 3.05) is 12.9 Å². The first-order valence-electron chi connectivity index (χ1n) is 6.72. The summed E-state index contributed by atoms with van der Waals surface area (Å²) in [7, 11) is 0. The van der Waals surface area contributed by atoms with Crippen LogP contribution in [0.4, 0.5) is 0 Å². The Hall–Kier alpha value is -2.41. The fourth-order valence-corrected chi connectivity index (χ4v) is 2.51. The first-order valence-corrected chi connectivity index (χ1v) is 7.95. The quantitative estimate of drug-likeness (QED) is 0.409. The number of benzene rings is 1. The van der Waals surface area contributed by atoms with E-state index in [1.54, 1.807) is 28.9 Å². The standard InChI is InChI=1S/C15H14N4O2S/c1-22-14-13-12(16-10-17-14)9-19(18-13)7-8-21-15(20)11-5-3-2-4-6-11/h2-6,9-10H,7-8H2,1H3. The first-order chi connectivity index (χ1) is 10.8. The maximum atomic E-state index is 11.8. The lowest BCUT2D eigenvalue weighted by molar-refractivity contribution is 0.0488. The van der Waals surface area contributed by atoms with Gasteiger partial charge in [-0.1, -0.05) is 18.2 Å². The lowest BCUT2D eigenvalue weighted by atomic mass is 10.2. The van der Waals surface area contributed by atoms with Crippen LogP contribution in [0.2, 0.25) is 0 Å². The van der Waals surface area contributed by atoms with E-state index in [-0.39, 0.29) is 12.6 Å². The minimum Gasteiger partial charge on any atom is -0.460 e. The summed E-state index contributed by atoms with van der Waals surface area (Å²) in [5.74, 6) is -0.332. The third-order valence-electron chi connectivity index (χ3n) is 3.07. The molecule has 0 spiro atoms. The van der Waals surface area contributed by atoms with Crippen molar-refractivity contribution >= 4 is 28.8 Å². The van der Waals surface area contributed by atoms with Gasteiger partial charge in [0.05, 0.1) is 18.3 Å². The van der Waals surface area contributed by atoms with Gasteiger partial charge in [-0.05, 0) is 18.4 Å². The fourth-order valence-electron chi connectivity index (χ4n) is 2.02. The zero-order chi connectivity index (χ0) is 15.4. The second-order valence-electron chi connectivity index (χ2n) is 4.51. The molecule has 0 saturated carbocycles. The Morgan fingerprint density at radius 3 is 2.86 bits per heavy atom. The van der Waals surface area contributed by atoms with Crippen LogP contribution in [0.3, 0.4) is 0 Å². The Bertz CT molecular complexity index is 789. The largest absolute Gasteiger partial charge is 0.460 e. The normalized spacial score (nSPS) is 10.8. The summed E-state index contributed by atoms with van der Waals surface area (Å²) in [6.45, 7) is 0.729. The monoisotopic (exact) mass is 314 g/mol. The van der Waals surface area contributed by atoms with Crippen LogP contribution in [0.1, 0.15) is 10.4 Å². The summed E-state index contributed by atoms with van der Waals surface area (Å²) < 4.78 is 6.96. The van der Waals surface area contributed by atoms with Crippen molar-refractivity contribution in [2.24, 2.45) is 0 Å². The Morgan fingerprint density at radius 1 is 1.27 bits per heavy atom. The molecule has 22 heavy (non-hydrogen) atoms. The van der Waals surface area contributed by atoms with Crippen molar-refractivity contribution in [3.63, 3.8) is 0 Å². The molecular weight excluding hydrogens is 300 g/mol. The number of carbonyl (C=O) groups is 1. The minimum absolute atomic E-state index is 0.254. The lowest BCUT2D eigenvalue weighted by Gasteiger charge is -2.04. The van der Waals surface area contributed by atoms with E-state index in [0.717, 1.165) is 16.1 Å². The SMILES string of the molecule is CSc1ncnc2cn(CCOC(=O)c3ccccc3)nc12. The van der Waals surface area contributed by atoms with E-state index in [9.17, 15) is 4.79 Å². The van der Waals surface area contributed by atoms with E-state index >= 15 is 0 Å². The Labute approximate surface area is 131 Å². The van der Waals surface area contributed by atoms with Crippen molar-refractivity contribution in [3.8, 4) is 0 Å². The molecule has 0 radical (unpaired) electrons. The molecule has 3 aromatic rings. The van der Waals surface area contributed by atoms with Gasteiger partial charge >= 0.3 is 5.97 Å². The van der Waals surface area contributed by atoms with Crippen LogP contribution in [-0.4, -0.2) is 38.6 Å². The Morgan fingerprint density at radius 2 is 2.09 bits per heavy atom. The van der Waals surface area contributed by atoms with Crippen molar-refractivity contribution in [2.45, 2.75) is 11.6 Å². The van der Waals surface area contributed by atoms with Gasteiger partial charge in [-0.25, -0.2) is 14.8 Å². The second kappa shape index (κ2) is 6.57. The van der Waals surface area contributed by atoms with Crippen LogP contribution in [0.25, 0.3) is 11.0 Å². The molecule has 6 nitrogen and oxygen atoms in total. The molecular formula is C15H14N4O2S. The zero-order valence-corrected chi connectivity index (χ0v) is 12.8. The maximum absolute atomic E-state index is 11.8. The molecule has 0 bridgehead atoms. The number of rotatable bonds is 5. The molecule has 112 valence electrons. The van der Waals surface area contributed by atoms with Crippen LogP contribution in [-0.2, 0) is 11.3 Å². The van der Waals surface area contributed by atoms with Crippen molar-refractivity contribution in [3.05, 3.63) is 48.4 Å². The van der Waals surface area contributed by atoms with E-state index in [1.807, 2.05) is 18.5 Å². The summed E-state index contributed by atoms with van der Waals surface area (Å²) in [6, 6.07) is 8.92. The van der Waals surface area contributed by atoms with Crippen LogP contribution >= 0.6 is 11.8 Å². The minimum atomic E-state index is -0.332. The molecule has 1 aromatic carbocycles. The summed E-state index contributed by atoms with van der Waals surface area (Å²) in [6.07, 6.45) is 5.30. The Kier molecular flexibility index (Phi) is 4.34. The summed E-state index contributed by atoms with van der Waals surface area (Å²) in [5.41, 5.74) is 2.10. The van der Waals surface area contributed by atoms with Crippen molar-refractivity contribution in [1.29, 1.82) is 0 Å². The van der Waals surface area contributed by atoms with E-state index in [4.69, 9.17) is 4.74 Å². The predicted octanol–water partition coefficient (Wildman–Crippen LogP) is 2.41. The smallest absolute Gasteiger partial charge is 0.338 e. The van der Waals surface area contributed by atoms with Gasteiger partial charge in [0.2, 0.25) is 0 Å². The third-order valence-corrected chi connectivity index (χ3v) is 3.76. The van der Waals surface area contributed by atoms with Gasteiger partial charge in [0.25, 0.3) is 0 Å². The van der Waals surface area contributed by atoms with Crippen LogP contribution in [0, 0.1) is 0 Å². The van der Waals surface area contributed by atoms with Crippen LogP contribution in [0.15, 0.2) is 47.9 Å². The highest BCUT2D eigenvalue weighted by Crippen LogP contribution is 2.20. The number of thioether (sulfide) groups is 1. The summed E-state index contributed by atoms with van der Waals surface area (Å²) in [5, 5.41) is 5.27. The highest BCUT2D eigenvalue weighted by molar-refractivity contribution is 7.98. The van der Waals surface area contributed by atoms with Gasteiger partial charge in [-0.3, -0.25) is 4.68 Å². The molecule has 0 atom stereocenters. The fraction of sp³-hybridized carbons (Fsp3) is 0.200. The second-order valence-corrected chi connectivity index (χ2v) is 5.31. The van der Waals surface area contributed by atoms with Gasteiger partial charge in [0.1, 0.15) is 29.0 Å². The average molecular weight is 314 g/mol. The number of hydrogen-bond donors (Lipinski definition) is 0. The Balaban J connectivity index is 1.63. The van der Waals surface area contributed by atoms with E-state index in [1.165, 1.54) is 18.1 Å². The number of ether oxygens (including phenoxy) is 1. The van der Waals surface area contributed by atoms with E-state index in [0.29, 0.717) is 12.1 Å². The molecule has 0 unspecified atom stereocenters. The predicted molar refractivity (Wildman–Crippen MR) is 83.8 cm³/mol. The molecule has 0 aliphatic heterocycles. The summed E-state index contributed by atoms with van der Waals surface area (Å²) >= 11 is 1.53. The van der Waals surface area contributed by atoms with Crippen molar-refractivity contribution < 1.29 is 9.53 Å². The van der Waals surface area contributed by atoms with E-state index < -0.39 is 0 Å². The molecule has 0 aliphatic carbocycles. The molecule has 3 rings (SSSR count). The average Bonchev–Trinajstić information content (AvgIpc) is 2.98. The number of hydrogen-bond acceptors (Lipinski definition) is 6. The van der Waals surface area contributed by atoms with Crippen molar-refractivity contribution in [1.82, 2.24) is 19.7 Å². The summed E-state index contributed by atoms with van der Waals surface area (Å²) in [4.78, 5) is 20.2. The number of aromatic nitrogens is 4. The third kappa shape index (κ3) is 3.09. The van der Waals surface area contributed by atoms with Gasteiger partial charge in [-0.15, -0.1) is 11.8 Å². The highest BCUT2D eigenvalue weighted by atomic mass is 32.2. The highest BCUT2D eigenvalue weighted by Gasteiger charge is 2.09. The van der Waals surface area contributed by atoms with Crippen LogP contribution in [0.5, 0.6) is 0 Å². The number of carbonyl (C=O) groups excluding carboxylic acids is 1. The van der Waals surface area contributed by atoms with E-state index in [2.05, 4.69) is 15.1 Å². The molecule has 2 heterocycles. The molecule has 0 amide bonds. The molecule has 0 N–H and O–H groups in total. The zero-order valence-electron chi connectivity index (χ0n) is 12.0.